The van der Waals surface area contributed by atoms with Crippen molar-refractivity contribution < 1.29 is 18.3 Å². The second-order valence-electron chi connectivity index (χ2n) is 6.22. The van der Waals surface area contributed by atoms with Crippen molar-refractivity contribution in [1.82, 2.24) is 19.5 Å². The Kier molecular flexibility index (Phi) is 6.27. The molecule has 2 aromatic rings. The summed E-state index contributed by atoms with van der Waals surface area (Å²) >= 11 is 0. The van der Waals surface area contributed by atoms with Gasteiger partial charge >= 0.3 is 5.97 Å². The Morgan fingerprint density at radius 2 is 2.04 bits per heavy atom. The van der Waals surface area contributed by atoms with Crippen LogP contribution in [0.5, 0.6) is 0 Å². The summed E-state index contributed by atoms with van der Waals surface area (Å²) in [6, 6.07) is 6.55. The Morgan fingerprint density at radius 1 is 1.32 bits per heavy atom. The second-order valence-corrected chi connectivity index (χ2v) is 7.95. The minimum Gasteiger partial charge on any atom is -0.481 e. The highest BCUT2D eigenvalue weighted by atomic mass is 32.2. The van der Waals surface area contributed by atoms with Crippen LogP contribution in [0.2, 0.25) is 0 Å². The first-order valence-electron chi connectivity index (χ1n) is 7.92. The van der Waals surface area contributed by atoms with E-state index < -0.39 is 21.9 Å². The summed E-state index contributed by atoms with van der Waals surface area (Å²) in [6.45, 7) is 3.91. The summed E-state index contributed by atoms with van der Waals surface area (Å²) < 4.78 is 29.2. The fraction of sp³-hybridized carbons (Fsp3) is 0.438. The second kappa shape index (κ2) is 8.21. The summed E-state index contributed by atoms with van der Waals surface area (Å²) in [4.78, 5) is 15.3. The molecule has 1 heterocycles. The van der Waals surface area contributed by atoms with Gasteiger partial charge in [0.2, 0.25) is 10.0 Å². The van der Waals surface area contributed by atoms with Crippen LogP contribution in [-0.2, 0) is 21.4 Å². The average Bonchev–Trinajstić information content (AvgIpc) is 3.04. The lowest BCUT2D eigenvalue weighted by Gasteiger charge is -2.16. The number of sulfonamides is 1. The van der Waals surface area contributed by atoms with Gasteiger partial charge in [0.25, 0.3) is 0 Å². The van der Waals surface area contributed by atoms with Crippen molar-refractivity contribution in [3.63, 3.8) is 0 Å². The monoisotopic (exact) mass is 366 g/mol. The fourth-order valence-electron chi connectivity index (χ4n) is 2.51. The minimum absolute atomic E-state index is 0.110. The van der Waals surface area contributed by atoms with E-state index in [-0.39, 0.29) is 23.9 Å². The molecule has 1 atom stereocenters. The van der Waals surface area contributed by atoms with Crippen molar-refractivity contribution in [2.75, 3.05) is 6.54 Å². The first kappa shape index (κ1) is 19.1. The van der Waals surface area contributed by atoms with Crippen molar-refractivity contribution in [3.8, 4) is 0 Å². The zero-order valence-corrected chi connectivity index (χ0v) is 15.0. The molecule has 0 aliphatic carbocycles. The number of aromatic nitrogens is 3. The lowest BCUT2D eigenvalue weighted by Crippen LogP contribution is -2.34. The molecule has 1 aromatic carbocycles. The van der Waals surface area contributed by atoms with Crippen LogP contribution in [0.3, 0.4) is 0 Å². The van der Waals surface area contributed by atoms with Crippen molar-refractivity contribution in [2.24, 2.45) is 11.8 Å². The Morgan fingerprint density at radius 3 is 2.64 bits per heavy atom. The van der Waals surface area contributed by atoms with Crippen LogP contribution in [0.1, 0.15) is 25.8 Å². The number of nitrogens with one attached hydrogen (secondary N) is 1. The average molecular weight is 366 g/mol. The lowest BCUT2D eigenvalue weighted by atomic mass is 9.98. The van der Waals surface area contributed by atoms with Gasteiger partial charge < -0.3 is 5.11 Å². The third-order valence-electron chi connectivity index (χ3n) is 3.69. The number of rotatable bonds is 9. The largest absolute Gasteiger partial charge is 0.481 e. The number of carboxylic acids is 1. The van der Waals surface area contributed by atoms with Crippen LogP contribution in [0.15, 0.2) is 41.8 Å². The van der Waals surface area contributed by atoms with Gasteiger partial charge in [0.1, 0.15) is 12.7 Å². The highest BCUT2D eigenvalue weighted by molar-refractivity contribution is 7.89. The van der Waals surface area contributed by atoms with E-state index >= 15 is 0 Å². The first-order valence-corrected chi connectivity index (χ1v) is 9.40. The van der Waals surface area contributed by atoms with Crippen LogP contribution in [-0.4, -0.2) is 40.8 Å². The Bertz CT molecular complexity index is 803. The molecule has 0 radical (unpaired) electrons. The van der Waals surface area contributed by atoms with Gasteiger partial charge in [-0.2, -0.15) is 5.10 Å². The molecule has 9 heteroatoms. The van der Waals surface area contributed by atoms with E-state index in [9.17, 15) is 18.3 Å². The van der Waals surface area contributed by atoms with Crippen LogP contribution >= 0.6 is 0 Å². The van der Waals surface area contributed by atoms with E-state index in [1.165, 1.54) is 23.4 Å². The molecule has 0 spiro atoms. The van der Waals surface area contributed by atoms with Crippen LogP contribution in [0.25, 0.3) is 0 Å². The molecule has 1 aromatic heterocycles. The van der Waals surface area contributed by atoms with Gasteiger partial charge in [0.15, 0.2) is 0 Å². The van der Waals surface area contributed by atoms with E-state index in [1.54, 1.807) is 18.2 Å². The van der Waals surface area contributed by atoms with Crippen LogP contribution in [0.4, 0.5) is 0 Å². The number of hydrogen-bond donors (Lipinski definition) is 2. The minimum atomic E-state index is -3.83. The van der Waals surface area contributed by atoms with E-state index in [0.717, 1.165) is 0 Å². The number of aliphatic carboxylic acids is 1. The van der Waals surface area contributed by atoms with Crippen LogP contribution < -0.4 is 4.72 Å². The van der Waals surface area contributed by atoms with Gasteiger partial charge in [-0.1, -0.05) is 32.0 Å². The predicted molar refractivity (Wildman–Crippen MR) is 91.3 cm³/mol. The SMILES string of the molecule is CC(C)CC(CNS(=O)(=O)c1ccccc1Cn1cncn1)C(=O)O. The molecular weight excluding hydrogens is 344 g/mol. The first-order chi connectivity index (χ1) is 11.8. The summed E-state index contributed by atoms with van der Waals surface area (Å²) in [5.74, 6) is -1.62. The maximum atomic E-state index is 12.6. The van der Waals surface area contributed by atoms with Crippen molar-refractivity contribution in [3.05, 3.63) is 42.5 Å². The Labute approximate surface area is 147 Å². The number of hydrogen-bond acceptors (Lipinski definition) is 5. The molecular formula is C16H22N4O4S. The zero-order valence-electron chi connectivity index (χ0n) is 14.2. The van der Waals surface area contributed by atoms with E-state index in [4.69, 9.17) is 0 Å². The Balaban J connectivity index is 2.17. The van der Waals surface area contributed by atoms with Gasteiger partial charge in [0.05, 0.1) is 17.4 Å². The van der Waals surface area contributed by atoms with E-state index in [2.05, 4.69) is 14.8 Å². The van der Waals surface area contributed by atoms with Gasteiger partial charge in [-0.25, -0.2) is 22.8 Å². The van der Waals surface area contributed by atoms with E-state index in [0.29, 0.717) is 12.0 Å². The number of carboxylic acid groups (broad SMARTS) is 1. The number of carbonyl (C=O) groups is 1. The fourth-order valence-corrected chi connectivity index (χ4v) is 3.83. The van der Waals surface area contributed by atoms with Gasteiger partial charge in [-0.3, -0.25) is 4.79 Å². The molecule has 8 nitrogen and oxygen atoms in total. The third-order valence-corrected chi connectivity index (χ3v) is 5.21. The molecule has 1 unspecified atom stereocenters. The van der Waals surface area contributed by atoms with Crippen molar-refractivity contribution >= 4 is 16.0 Å². The maximum absolute atomic E-state index is 12.6. The maximum Gasteiger partial charge on any atom is 0.307 e. The molecule has 2 rings (SSSR count). The van der Waals surface area contributed by atoms with E-state index in [1.807, 2.05) is 13.8 Å². The zero-order chi connectivity index (χ0) is 18.4. The van der Waals surface area contributed by atoms with Gasteiger partial charge in [-0.15, -0.1) is 0 Å². The molecule has 0 saturated carbocycles. The standard InChI is InChI=1S/C16H22N4O4S/c1-12(2)7-14(16(21)22)8-19-25(23,24)15-6-4-3-5-13(15)9-20-11-17-10-18-20/h3-6,10-12,14,19H,7-9H2,1-2H3,(H,21,22). The molecule has 2 N–H and O–H groups in total. The van der Waals surface area contributed by atoms with Crippen LogP contribution in [0, 0.1) is 11.8 Å². The lowest BCUT2D eigenvalue weighted by molar-refractivity contribution is -0.142. The molecule has 0 aliphatic rings. The van der Waals surface area contributed by atoms with Crippen molar-refractivity contribution in [1.29, 1.82) is 0 Å². The third kappa shape index (κ3) is 5.36. The summed E-state index contributed by atoms with van der Waals surface area (Å²) in [7, 11) is -3.83. The molecule has 0 amide bonds. The number of benzene rings is 1. The molecule has 0 bridgehead atoms. The van der Waals surface area contributed by atoms with Gasteiger partial charge in [-0.05, 0) is 24.0 Å². The molecule has 0 saturated heterocycles. The molecule has 0 fully saturated rings. The predicted octanol–water partition coefficient (Wildman–Crippen LogP) is 1.35. The normalized spacial score (nSPS) is 13.1. The molecule has 136 valence electrons. The number of nitrogens with zero attached hydrogens (tertiary/aromatic N) is 3. The van der Waals surface area contributed by atoms with Crippen molar-refractivity contribution in [2.45, 2.75) is 31.7 Å². The van der Waals surface area contributed by atoms with Gasteiger partial charge in [0, 0.05) is 6.54 Å². The smallest absolute Gasteiger partial charge is 0.307 e. The summed E-state index contributed by atoms with van der Waals surface area (Å²) in [6.07, 6.45) is 3.27. The highest BCUT2D eigenvalue weighted by Gasteiger charge is 2.24. The summed E-state index contributed by atoms with van der Waals surface area (Å²) in [5, 5.41) is 13.2. The Hall–Kier alpha value is -2.26. The summed E-state index contributed by atoms with van der Waals surface area (Å²) in [5.41, 5.74) is 0.552. The molecule has 0 aliphatic heterocycles. The topological polar surface area (TPSA) is 114 Å². The molecule has 25 heavy (non-hydrogen) atoms. The quantitative estimate of drug-likeness (QED) is 0.692. The highest BCUT2D eigenvalue weighted by Crippen LogP contribution is 2.18.